The van der Waals surface area contributed by atoms with E-state index in [1.54, 1.807) is 6.33 Å². The maximum atomic E-state index is 4.68. The summed E-state index contributed by atoms with van der Waals surface area (Å²) in [6, 6.07) is 2.06. The molecule has 2 aromatic rings. The van der Waals surface area contributed by atoms with Crippen molar-refractivity contribution in [2.45, 2.75) is 20.8 Å². The van der Waals surface area contributed by atoms with Crippen LogP contribution < -0.4 is 14.7 Å². The lowest BCUT2D eigenvalue weighted by molar-refractivity contribution is 0.637. The zero-order valence-corrected chi connectivity index (χ0v) is 15.1. The fourth-order valence-corrected chi connectivity index (χ4v) is 2.89. The molecule has 0 bridgehead atoms. The first-order chi connectivity index (χ1) is 11.5. The van der Waals surface area contributed by atoms with Gasteiger partial charge >= 0.3 is 0 Å². The SMILES string of the molecule is Cc1cc(N2CCN(c3ncnc(C)c3C)CC2)nc(N(C)C)n1. The average Bonchev–Trinajstić information content (AvgIpc) is 2.57. The molecule has 2 aromatic heterocycles. The molecule has 1 aliphatic rings. The van der Waals surface area contributed by atoms with E-state index >= 15 is 0 Å². The van der Waals surface area contributed by atoms with Crippen LogP contribution in [0.3, 0.4) is 0 Å². The highest BCUT2D eigenvalue weighted by atomic mass is 15.3. The van der Waals surface area contributed by atoms with Gasteiger partial charge in [-0.15, -0.1) is 0 Å². The van der Waals surface area contributed by atoms with Crippen molar-refractivity contribution in [3.63, 3.8) is 0 Å². The number of nitrogens with zero attached hydrogens (tertiary/aromatic N) is 7. The van der Waals surface area contributed by atoms with Crippen molar-refractivity contribution in [3.8, 4) is 0 Å². The van der Waals surface area contributed by atoms with Crippen LogP contribution in [-0.4, -0.2) is 60.2 Å². The van der Waals surface area contributed by atoms with E-state index in [2.05, 4.69) is 42.7 Å². The Balaban J connectivity index is 1.75. The van der Waals surface area contributed by atoms with Gasteiger partial charge in [-0.2, -0.15) is 4.98 Å². The summed E-state index contributed by atoms with van der Waals surface area (Å²) >= 11 is 0. The Morgan fingerprint density at radius 3 is 2.25 bits per heavy atom. The maximum Gasteiger partial charge on any atom is 0.226 e. The summed E-state index contributed by atoms with van der Waals surface area (Å²) in [5.41, 5.74) is 3.21. The molecule has 0 amide bonds. The summed E-state index contributed by atoms with van der Waals surface area (Å²) in [6.07, 6.45) is 1.65. The molecule has 1 saturated heterocycles. The van der Waals surface area contributed by atoms with E-state index in [4.69, 9.17) is 0 Å². The third kappa shape index (κ3) is 3.25. The first kappa shape index (κ1) is 16.4. The van der Waals surface area contributed by atoms with Gasteiger partial charge in [0.2, 0.25) is 5.95 Å². The summed E-state index contributed by atoms with van der Waals surface area (Å²) in [4.78, 5) is 24.5. The van der Waals surface area contributed by atoms with Gasteiger partial charge in [-0.3, -0.25) is 0 Å². The molecule has 7 heteroatoms. The van der Waals surface area contributed by atoms with E-state index in [-0.39, 0.29) is 0 Å². The number of anilines is 3. The monoisotopic (exact) mass is 327 g/mol. The second-order valence-electron chi connectivity index (χ2n) is 6.44. The second-order valence-corrected chi connectivity index (χ2v) is 6.44. The highest BCUT2D eigenvalue weighted by Gasteiger charge is 2.21. The number of aromatic nitrogens is 4. The lowest BCUT2D eigenvalue weighted by Crippen LogP contribution is -2.47. The molecule has 0 saturated carbocycles. The number of aryl methyl sites for hydroxylation is 2. The van der Waals surface area contributed by atoms with Crippen LogP contribution in [0, 0.1) is 20.8 Å². The molecule has 0 radical (unpaired) electrons. The predicted octanol–water partition coefficient (Wildman–Crippen LogP) is 1.58. The van der Waals surface area contributed by atoms with Gasteiger partial charge in [-0.05, 0) is 20.8 Å². The number of piperazine rings is 1. The molecular weight excluding hydrogens is 302 g/mol. The van der Waals surface area contributed by atoms with Gasteiger partial charge in [-0.1, -0.05) is 0 Å². The van der Waals surface area contributed by atoms with Crippen LogP contribution >= 0.6 is 0 Å². The highest BCUT2D eigenvalue weighted by Crippen LogP contribution is 2.22. The molecule has 1 fully saturated rings. The lowest BCUT2D eigenvalue weighted by Gasteiger charge is -2.37. The average molecular weight is 327 g/mol. The first-order valence-electron chi connectivity index (χ1n) is 8.27. The lowest BCUT2D eigenvalue weighted by atomic mass is 10.2. The standard InChI is InChI=1S/C17H25N7/c1-12-10-15(21-17(20-12)22(4)5)23-6-8-24(9-7-23)16-13(2)14(3)18-11-19-16/h10-11H,6-9H2,1-5H3. The number of hydrogen-bond donors (Lipinski definition) is 0. The van der Waals surface area contributed by atoms with Crippen molar-refractivity contribution in [2.75, 3.05) is 55.0 Å². The van der Waals surface area contributed by atoms with E-state index in [0.29, 0.717) is 0 Å². The topological polar surface area (TPSA) is 61.3 Å². The second kappa shape index (κ2) is 6.59. The van der Waals surface area contributed by atoms with Crippen LogP contribution in [0.5, 0.6) is 0 Å². The van der Waals surface area contributed by atoms with Crippen molar-refractivity contribution in [3.05, 3.63) is 29.3 Å². The smallest absolute Gasteiger partial charge is 0.226 e. The summed E-state index contributed by atoms with van der Waals surface area (Å²) in [5, 5.41) is 0. The molecule has 1 aliphatic heterocycles. The Morgan fingerprint density at radius 2 is 1.58 bits per heavy atom. The van der Waals surface area contributed by atoms with E-state index in [1.807, 2.05) is 32.8 Å². The van der Waals surface area contributed by atoms with E-state index < -0.39 is 0 Å². The molecule has 128 valence electrons. The molecule has 0 atom stereocenters. The fourth-order valence-electron chi connectivity index (χ4n) is 2.89. The minimum atomic E-state index is 0.759. The molecular formula is C17H25N7. The minimum absolute atomic E-state index is 0.759. The number of hydrogen-bond acceptors (Lipinski definition) is 7. The van der Waals surface area contributed by atoms with Gasteiger partial charge in [0.05, 0.1) is 0 Å². The van der Waals surface area contributed by atoms with Crippen LogP contribution in [0.2, 0.25) is 0 Å². The third-order valence-corrected chi connectivity index (χ3v) is 4.44. The molecule has 0 aromatic carbocycles. The van der Waals surface area contributed by atoms with E-state index in [9.17, 15) is 0 Å². The van der Waals surface area contributed by atoms with Gasteiger partial charge < -0.3 is 14.7 Å². The molecule has 7 nitrogen and oxygen atoms in total. The van der Waals surface area contributed by atoms with Crippen molar-refractivity contribution in [1.82, 2.24) is 19.9 Å². The van der Waals surface area contributed by atoms with Gasteiger partial charge in [-0.25, -0.2) is 15.0 Å². The van der Waals surface area contributed by atoms with Crippen LogP contribution in [0.4, 0.5) is 17.6 Å². The zero-order valence-electron chi connectivity index (χ0n) is 15.1. The summed E-state index contributed by atoms with van der Waals surface area (Å²) < 4.78 is 0. The first-order valence-corrected chi connectivity index (χ1v) is 8.27. The van der Waals surface area contributed by atoms with Gasteiger partial charge in [0.15, 0.2) is 0 Å². The van der Waals surface area contributed by atoms with Crippen molar-refractivity contribution in [2.24, 2.45) is 0 Å². The van der Waals surface area contributed by atoms with Crippen LogP contribution in [0.15, 0.2) is 12.4 Å². The van der Waals surface area contributed by atoms with Crippen molar-refractivity contribution >= 4 is 17.6 Å². The molecule has 0 unspecified atom stereocenters. The highest BCUT2D eigenvalue weighted by molar-refractivity contribution is 5.51. The van der Waals surface area contributed by atoms with Gasteiger partial charge in [0.25, 0.3) is 0 Å². The molecule has 3 rings (SSSR count). The predicted molar refractivity (Wildman–Crippen MR) is 97.0 cm³/mol. The fraction of sp³-hybridized carbons (Fsp3) is 0.529. The molecule has 0 N–H and O–H groups in total. The summed E-state index contributed by atoms with van der Waals surface area (Å²) in [7, 11) is 3.94. The maximum absolute atomic E-state index is 4.68. The third-order valence-electron chi connectivity index (χ3n) is 4.44. The molecule has 24 heavy (non-hydrogen) atoms. The Hall–Kier alpha value is -2.44. The summed E-state index contributed by atoms with van der Waals surface area (Å²) in [5.74, 6) is 2.81. The Morgan fingerprint density at radius 1 is 0.917 bits per heavy atom. The molecule has 0 spiro atoms. The number of rotatable bonds is 3. The van der Waals surface area contributed by atoms with Crippen LogP contribution in [0.25, 0.3) is 0 Å². The summed E-state index contributed by atoms with van der Waals surface area (Å²) in [6.45, 7) is 9.84. The molecule has 0 aliphatic carbocycles. The molecule has 3 heterocycles. The van der Waals surface area contributed by atoms with E-state index in [0.717, 1.165) is 55.2 Å². The minimum Gasteiger partial charge on any atom is -0.353 e. The van der Waals surface area contributed by atoms with Gasteiger partial charge in [0, 0.05) is 63.3 Å². The Kier molecular flexibility index (Phi) is 4.51. The Labute approximate surface area is 143 Å². The normalized spacial score (nSPS) is 14.9. The quantitative estimate of drug-likeness (QED) is 0.848. The van der Waals surface area contributed by atoms with E-state index in [1.165, 1.54) is 5.56 Å². The van der Waals surface area contributed by atoms with Crippen LogP contribution in [0.1, 0.15) is 17.0 Å². The Bertz CT molecular complexity index is 721. The zero-order chi connectivity index (χ0) is 17.3. The van der Waals surface area contributed by atoms with Gasteiger partial charge in [0.1, 0.15) is 18.0 Å². The van der Waals surface area contributed by atoms with Crippen LogP contribution in [-0.2, 0) is 0 Å². The van der Waals surface area contributed by atoms with Crippen molar-refractivity contribution in [1.29, 1.82) is 0 Å². The van der Waals surface area contributed by atoms with Crippen molar-refractivity contribution < 1.29 is 0 Å². The largest absolute Gasteiger partial charge is 0.353 e.